The number of piperidine rings is 1. The summed E-state index contributed by atoms with van der Waals surface area (Å²) in [5.74, 6) is 1.30. The summed E-state index contributed by atoms with van der Waals surface area (Å²) in [7, 11) is 0. The van der Waals surface area contributed by atoms with Crippen LogP contribution in [-0.4, -0.2) is 41.2 Å². The molecule has 0 spiro atoms. The lowest BCUT2D eigenvalue weighted by Crippen LogP contribution is -2.31. The van der Waals surface area contributed by atoms with Crippen LogP contribution in [-0.2, 0) is 0 Å². The first-order chi connectivity index (χ1) is 9.83. The van der Waals surface area contributed by atoms with Crippen LogP contribution in [0.15, 0.2) is 12.2 Å². The molecule has 1 aliphatic heterocycles. The molecule has 20 heavy (non-hydrogen) atoms. The third kappa shape index (κ3) is 4.08. The molecule has 1 aromatic rings. The Hall–Kier alpha value is -1.85. The highest BCUT2D eigenvalue weighted by Crippen LogP contribution is 2.19. The van der Waals surface area contributed by atoms with E-state index in [9.17, 15) is 0 Å². The molecule has 1 saturated heterocycles. The fourth-order valence-electron chi connectivity index (χ4n) is 2.10. The highest BCUT2D eigenvalue weighted by atomic mass is 16.5. The molecule has 0 unspecified atom stereocenters. The summed E-state index contributed by atoms with van der Waals surface area (Å²) < 4.78 is 5.55. The monoisotopic (exact) mass is 277 g/mol. The minimum Gasteiger partial charge on any atom is -0.459 e. The van der Waals surface area contributed by atoms with E-state index in [2.05, 4.69) is 25.2 Å². The maximum Gasteiger partial charge on any atom is 0.323 e. The predicted octanol–water partition coefficient (Wildman–Crippen LogP) is 2.25. The van der Waals surface area contributed by atoms with E-state index in [0.29, 0.717) is 24.5 Å². The van der Waals surface area contributed by atoms with Crippen molar-refractivity contribution >= 4 is 11.9 Å². The molecule has 6 nitrogen and oxygen atoms in total. The first-order valence-electron chi connectivity index (χ1n) is 7.32. The standard InChI is InChI=1S/C14H23N5O/c1-3-5-11-20-14-17-12(15-4-2)16-13(18-14)19-9-7-6-8-10-19/h3,5H,4,6-11H2,1-2H3,(H,15,16,17,18)/b5-3+. The predicted molar refractivity (Wildman–Crippen MR) is 80.4 cm³/mol. The largest absolute Gasteiger partial charge is 0.459 e. The lowest BCUT2D eigenvalue weighted by atomic mass is 10.1. The quantitative estimate of drug-likeness (QED) is 0.805. The Morgan fingerprint density at radius 3 is 2.70 bits per heavy atom. The van der Waals surface area contributed by atoms with Crippen molar-refractivity contribution in [2.45, 2.75) is 33.1 Å². The van der Waals surface area contributed by atoms with Gasteiger partial charge in [-0.2, -0.15) is 15.0 Å². The number of hydrogen-bond donors (Lipinski definition) is 1. The van der Waals surface area contributed by atoms with E-state index >= 15 is 0 Å². The minimum atomic E-state index is 0.384. The van der Waals surface area contributed by atoms with Crippen LogP contribution in [0.5, 0.6) is 6.01 Å². The number of nitrogens with one attached hydrogen (secondary N) is 1. The Kier molecular flexibility index (Phi) is 5.58. The highest BCUT2D eigenvalue weighted by Gasteiger charge is 2.16. The van der Waals surface area contributed by atoms with Crippen molar-refractivity contribution in [2.24, 2.45) is 0 Å². The van der Waals surface area contributed by atoms with Crippen LogP contribution in [0.3, 0.4) is 0 Å². The van der Waals surface area contributed by atoms with Crippen molar-refractivity contribution in [3.63, 3.8) is 0 Å². The van der Waals surface area contributed by atoms with Crippen LogP contribution in [0.1, 0.15) is 33.1 Å². The number of hydrogen-bond acceptors (Lipinski definition) is 6. The third-order valence-electron chi connectivity index (χ3n) is 3.12. The Bertz CT molecular complexity index is 443. The van der Waals surface area contributed by atoms with Gasteiger partial charge in [0.25, 0.3) is 0 Å². The second kappa shape index (κ2) is 7.67. The molecule has 0 radical (unpaired) electrons. The van der Waals surface area contributed by atoms with Crippen LogP contribution in [0.4, 0.5) is 11.9 Å². The lowest BCUT2D eigenvalue weighted by Gasteiger charge is -2.26. The molecule has 1 aromatic heterocycles. The zero-order chi connectivity index (χ0) is 14.2. The first kappa shape index (κ1) is 14.6. The average Bonchev–Trinajstić information content (AvgIpc) is 2.49. The normalized spacial score (nSPS) is 15.6. The SMILES string of the molecule is C/C=C/COc1nc(NCC)nc(N2CCCCC2)n1. The van der Waals surface area contributed by atoms with E-state index in [1.54, 1.807) is 0 Å². The molecular formula is C14H23N5O. The fourth-order valence-corrected chi connectivity index (χ4v) is 2.10. The number of allylic oxidation sites excluding steroid dienone is 1. The summed E-state index contributed by atoms with van der Waals surface area (Å²) in [6.45, 7) is 7.24. The second-order valence-corrected chi connectivity index (χ2v) is 4.70. The highest BCUT2D eigenvalue weighted by molar-refractivity contribution is 5.38. The van der Waals surface area contributed by atoms with Gasteiger partial charge in [-0.05, 0) is 33.1 Å². The molecule has 0 atom stereocenters. The summed E-state index contributed by atoms with van der Waals surface area (Å²) in [6, 6.07) is 0.384. The molecule has 1 fully saturated rings. The molecular weight excluding hydrogens is 254 g/mol. The number of anilines is 2. The molecule has 110 valence electrons. The van der Waals surface area contributed by atoms with Crippen molar-refractivity contribution in [2.75, 3.05) is 36.5 Å². The number of nitrogens with zero attached hydrogens (tertiary/aromatic N) is 4. The second-order valence-electron chi connectivity index (χ2n) is 4.70. The summed E-state index contributed by atoms with van der Waals surface area (Å²) >= 11 is 0. The topological polar surface area (TPSA) is 63.2 Å². The van der Waals surface area contributed by atoms with E-state index < -0.39 is 0 Å². The molecule has 2 heterocycles. The smallest absolute Gasteiger partial charge is 0.323 e. The first-order valence-corrected chi connectivity index (χ1v) is 7.32. The molecule has 6 heteroatoms. The van der Waals surface area contributed by atoms with E-state index in [1.807, 2.05) is 26.0 Å². The summed E-state index contributed by atoms with van der Waals surface area (Å²) in [5, 5.41) is 3.13. The van der Waals surface area contributed by atoms with Crippen molar-refractivity contribution < 1.29 is 4.74 Å². The van der Waals surface area contributed by atoms with Gasteiger partial charge in [-0.25, -0.2) is 0 Å². The van der Waals surface area contributed by atoms with Crippen LogP contribution in [0.2, 0.25) is 0 Å². The minimum absolute atomic E-state index is 0.384. The van der Waals surface area contributed by atoms with Crippen molar-refractivity contribution in [1.29, 1.82) is 0 Å². The van der Waals surface area contributed by atoms with Gasteiger partial charge in [0.15, 0.2) is 0 Å². The van der Waals surface area contributed by atoms with Gasteiger partial charge in [-0.3, -0.25) is 0 Å². The molecule has 1 N–H and O–H groups in total. The van der Waals surface area contributed by atoms with Crippen molar-refractivity contribution in [3.8, 4) is 6.01 Å². The molecule has 1 aliphatic rings. The van der Waals surface area contributed by atoms with Gasteiger partial charge in [0.2, 0.25) is 11.9 Å². The van der Waals surface area contributed by atoms with Crippen molar-refractivity contribution in [3.05, 3.63) is 12.2 Å². The maximum atomic E-state index is 5.55. The lowest BCUT2D eigenvalue weighted by molar-refractivity contribution is 0.332. The Balaban J connectivity index is 2.15. The van der Waals surface area contributed by atoms with E-state index in [-0.39, 0.29) is 0 Å². The zero-order valence-electron chi connectivity index (χ0n) is 12.3. The van der Waals surface area contributed by atoms with E-state index in [1.165, 1.54) is 19.3 Å². The molecule has 0 amide bonds. The van der Waals surface area contributed by atoms with Gasteiger partial charge < -0.3 is 15.0 Å². The number of ether oxygens (including phenoxy) is 1. The van der Waals surface area contributed by atoms with Gasteiger partial charge in [-0.15, -0.1) is 0 Å². The molecule has 0 aliphatic carbocycles. The maximum absolute atomic E-state index is 5.55. The van der Waals surface area contributed by atoms with Gasteiger partial charge in [0.1, 0.15) is 6.61 Å². The van der Waals surface area contributed by atoms with E-state index in [0.717, 1.165) is 19.6 Å². The fraction of sp³-hybridized carbons (Fsp3) is 0.643. The average molecular weight is 277 g/mol. The Labute approximate surface area is 120 Å². The molecule has 2 rings (SSSR count). The molecule has 0 saturated carbocycles. The van der Waals surface area contributed by atoms with Crippen LogP contribution >= 0.6 is 0 Å². The summed E-state index contributed by atoms with van der Waals surface area (Å²) in [6.07, 6.45) is 7.54. The van der Waals surface area contributed by atoms with Gasteiger partial charge in [0.05, 0.1) is 0 Å². The van der Waals surface area contributed by atoms with Gasteiger partial charge >= 0.3 is 6.01 Å². The van der Waals surface area contributed by atoms with Crippen LogP contribution in [0, 0.1) is 0 Å². The van der Waals surface area contributed by atoms with Gasteiger partial charge in [-0.1, -0.05) is 12.2 Å². The Morgan fingerprint density at radius 2 is 2.00 bits per heavy atom. The molecule has 0 aromatic carbocycles. The van der Waals surface area contributed by atoms with E-state index in [4.69, 9.17) is 4.74 Å². The zero-order valence-corrected chi connectivity index (χ0v) is 12.3. The van der Waals surface area contributed by atoms with Crippen molar-refractivity contribution in [1.82, 2.24) is 15.0 Å². The number of rotatable bonds is 6. The Morgan fingerprint density at radius 1 is 1.20 bits per heavy atom. The molecule has 0 bridgehead atoms. The van der Waals surface area contributed by atoms with Crippen LogP contribution in [0.25, 0.3) is 0 Å². The van der Waals surface area contributed by atoms with Crippen LogP contribution < -0.4 is 15.0 Å². The summed E-state index contributed by atoms with van der Waals surface area (Å²) in [5.41, 5.74) is 0. The summed E-state index contributed by atoms with van der Waals surface area (Å²) in [4.78, 5) is 15.4. The third-order valence-corrected chi connectivity index (χ3v) is 3.12. The number of aromatic nitrogens is 3. The van der Waals surface area contributed by atoms with Gasteiger partial charge in [0, 0.05) is 19.6 Å².